The van der Waals surface area contributed by atoms with Gasteiger partial charge in [0.25, 0.3) is 0 Å². The maximum absolute atomic E-state index is 13.0. The molecule has 1 aromatic carbocycles. The first-order valence-electron chi connectivity index (χ1n) is 6.52. The van der Waals surface area contributed by atoms with E-state index in [-0.39, 0.29) is 5.82 Å². The molecule has 0 saturated heterocycles. The first-order valence-corrected chi connectivity index (χ1v) is 6.52. The van der Waals surface area contributed by atoms with E-state index in [2.05, 4.69) is 17.2 Å². The van der Waals surface area contributed by atoms with Crippen molar-refractivity contribution in [1.29, 1.82) is 0 Å². The van der Waals surface area contributed by atoms with Crippen LogP contribution in [0.1, 0.15) is 22.3 Å². The van der Waals surface area contributed by atoms with Crippen LogP contribution in [-0.4, -0.2) is 11.5 Å². The third-order valence-electron chi connectivity index (χ3n) is 3.34. The van der Waals surface area contributed by atoms with E-state index in [0.29, 0.717) is 0 Å². The van der Waals surface area contributed by atoms with Crippen LogP contribution in [-0.2, 0) is 13.0 Å². The number of hydrogen-bond acceptors (Lipinski definition) is 2. The Balaban J connectivity index is 1.83. The van der Waals surface area contributed by atoms with Crippen molar-refractivity contribution in [3.8, 4) is 0 Å². The molecule has 1 N–H and O–H groups in total. The number of nitrogens with one attached hydrogen (secondary N) is 1. The summed E-state index contributed by atoms with van der Waals surface area (Å²) < 4.78 is 13.0. The van der Waals surface area contributed by atoms with Crippen LogP contribution >= 0.6 is 0 Å². The number of nitrogens with zero attached hydrogens (tertiary/aromatic N) is 1. The zero-order valence-electron chi connectivity index (χ0n) is 11.4. The molecule has 19 heavy (non-hydrogen) atoms. The smallest absolute Gasteiger partial charge is 0.123 e. The molecule has 0 amide bonds. The van der Waals surface area contributed by atoms with Gasteiger partial charge in [-0.2, -0.15) is 0 Å². The maximum Gasteiger partial charge on any atom is 0.123 e. The molecule has 100 valence electrons. The van der Waals surface area contributed by atoms with E-state index in [1.54, 1.807) is 12.3 Å². The number of halogens is 1. The Morgan fingerprint density at radius 3 is 2.68 bits per heavy atom. The molecule has 0 atom stereocenters. The first-order chi connectivity index (χ1) is 9.16. The van der Waals surface area contributed by atoms with Gasteiger partial charge < -0.3 is 5.32 Å². The Bertz CT molecular complexity index is 552. The Morgan fingerprint density at radius 2 is 1.95 bits per heavy atom. The first kappa shape index (κ1) is 13.7. The zero-order chi connectivity index (χ0) is 13.7. The molecule has 0 bridgehead atoms. The Morgan fingerprint density at radius 1 is 1.11 bits per heavy atom. The maximum atomic E-state index is 13.0. The third-order valence-corrected chi connectivity index (χ3v) is 3.34. The summed E-state index contributed by atoms with van der Waals surface area (Å²) >= 11 is 0. The molecule has 2 rings (SSSR count). The minimum atomic E-state index is -0.166. The molecule has 1 heterocycles. The number of rotatable bonds is 5. The fourth-order valence-electron chi connectivity index (χ4n) is 2.07. The van der Waals surface area contributed by atoms with Crippen molar-refractivity contribution >= 4 is 0 Å². The van der Waals surface area contributed by atoms with Gasteiger partial charge in [0, 0.05) is 18.9 Å². The summed E-state index contributed by atoms with van der Waals surface area (Å²) in [7, 11) is 0. The van der Waals surface area contributed by atoms with Crippen LogP contribution in [0.25, 0.3) is 0 Å². The van der Waals surface area contributed by atoms with E-state index in [1.165, 1.54) is 22.8 Å². The Labute approximate surface area is 113 Å². The normalized spacial score (nSPS) is 10.7. The molecule has 3 heteroatoms. The summed E-state index contributed by atoms with van der Waals surface area (Å²) in [5, 5.41) is 3.40. The van der Waals surface area contributed by atoms with Crippen LogP contribution in [0.3, 0.4) is 0 Å². The summed E-state index contributed by atoms with van der Waals surface area (Å²) in [5.41, 5.74) is 4.68. The van der Waals surface area contributed by atoms with E-state index in [9.17, 15) is 4.39 Å². The molecule has 0 unspecified atom stereocenters. The van der Waals surface area contributed by atoms with Crippen LogP contribution in [0.2, 0.25) is 0 Å². The van der Waals surface area contributed by atoms with E-state index in [4.69, 9.17) is 0 Å². The van der Waals surface area contributed by atoms with Crippen LogP contribution in [0.4, 0.5) is 4.39 Å². The standard InChI is InChI=1S/C16H19FN2/c1-12-5-7-18-10-15(12)11-19-8-6-14-3-4-16(17)9-13(14)2/h3-5,7,9-10,19H,6,8,11H2,1-2H3. The van der Waals surface area contributed by atoms with E-state index in [0.717, 1.165) is 25.1 Å². The van der Waals surface area contributed by atoms with Gasteiger partial charge in [-0.1, -0.05) is 6.07 Å². The second-order valence-electron chi connectivity index (χ2n) is 4.80. The van der Waals surface area contributed by atoms with Gasteiger partial charge in [-0.25, -0.2) is 4.39 Å². The summed E-state index contributed by atoms with van der Waals surface area (Å²) in [6.07, 6.45) is 4.61. The van der Waals surface area contributed by atoms with E-state index < -0.39 is 0 Å². The lowest BCUT2D eigenvalue weighted by molar-refractivity contribution is 0.624. The van der Waals surface area contributed by atoms with Gasteiger partial charge in [-0.15, -0.1) is 0 Å². The van der Waals surface area contributed by atoms with Crippen molar-refractivity contribution in [2.45, 2.75) is 26.8 Å². The number of aryl methyl sites for hydroxylation is 2. The lowest BCUT2D eigenvalue weighted by atomic mass is 10.1. The zero-order valence-corrected chi connectivity index (χ0v) is 11.4. The number of pyridine rings is 1. The van der Waals surface area contributed by atoms with Crippen molar-refractivity contribution in [3.05, 3.63) is 64.7 Å². The molecule has 1 aromatic heterocycles. The quantitative estimate of drug-likeness (QED) is 0.833. The third kappa shape index (κ3) is 3.86. The van der Waals surface area contributed by atoms with Crippen molar-refractivity contribution in [2.75, 3.05) is 6.54 Å². The summed E-state index contributed by atoms with van der Waals surface area (Å²) in [6.45, 7) is 5.73. The van der Waals surface area contributed by atoms with Crippen LogP contribution in [0.5, 0.6) is 0 Å². The van der Waals surface area contributed by atoms with Gasteiger partial charge in [0.15, 0.2) is 0 Å². The van der Waals surface area contributed by atoms with Crippen LogP contribution in [0.15, 0.2) is 36.7 Å². The lowest BCUT2D eigenvalue weighted by Gasteiger charge is -2.09. The van der Waals surface area contributed by atoms with E-state index >= 15 is 0 Å². The number of benzene rings is 1. The topological polar surface area (TPSA) is 24.9 Å². The molecule has 0 radical (unpaired) electrons. The van der Waals surface area contributed by atoms with Crippen molar-refractivity contribution in [1.82, 2.24) is 10.3 Å². The van der Waals surface area contributed by atoms with Gasteiger partial charge in [0.05, 0.1) is 0 Å². The molecule has 2 nitrogen and oxygen atoms in total. The summed E-state index contributed by atoms with van der Waals surface area (Å²) in [4.78, 5) is 4.12. The summed E-state index contributed by atoms with van der Waals surface area (Å²) in [5.74, 6) is -0.166. The fraction of sp³-hybridized carbons (Fsp3) is 0.312. The molecule has 0 spiro atoms. The van der Waals surface area contributed by atoms with Crippen molar-refractivity contribution < 1.29 is 4.39 Å². The average Bonchev–Trinajstić information content (AvgIpc) is 2.38. The average molecular weight is 258 g/mol. The highest BCUT2D eigenvalue weighted by Gasteiger charge is 2.01. The number of aromatic nitrogens is 1. The second kappa shape index (κ2) is 6.43. The van der Waals surface area contributed by atoms with E-state index in [1.807, 2.05) is 25.3 Å². The predicted octanol–water partition coefficient (Wildman–Crippen LogP) is 3.17. The minimum absolute atomic E-state index is 0.166. The molecule has 0 saturated carbocycles. The highest BCUT2D eigenvalue weighted by molar-refractivity contribution is 5.27. The molecule has 0 aliphatic carbocycles. The van der Waals surface area contributed by atoms with Gasteiger partial charge in [0.1, 0.15) is 5.82 Å². The SMILES string of the molecule is Cc1cc(F)ccc1CCNCc1cnccc1C. The Hall–Kier alpha value is -1.74. The molecule has 0 aliphatic heterocycles. The second-order valence-corrected chi connectivity index (χ2v) is 4.80. The van der Waals surface area contributed by atoms with Crippen LogP contribution < -0.4 is 5.32 Å². The fourth-order valence-corrected chi connectivity index (χ4v) is 2.07. The largest absolute Gasteiger partial charge is 0.312 e. The minimum Gasteiger partial charge on any atom is -0.312 e. The van der Waals surface area contributed by atoms with Gasteiger partial charge in [0.2, 0.25) is 0 Å². The van der Waals surface area contributed by atoms with Gasteiger partial charge >= 0.3 is 0 Å². The van der Waals surface area contributed by atoms with Crippen molar-refractivity contribution in [3.63, 3.8) is 0 Å². The molecule has 0 aliphatic rings. The molecular formula is C16H19FN2. The highest BCUT2D eigenvalue weighted by Crippen LogP contribution is 2.10. The van der Waals surface area contributed by atoms with Gasteiger partial charge in [-0.05, 0) is 67.3 Å². The highest BCUT2D eigenvalue weighted by atomic mass is 19.1. The molecule has 2 aromatic rings. The molecule has 0 fully saturated rings. The molecular weight excluding hydrogens is 239 g/mol. The summed E-state index contributed by atoms with van der Waals surface area (Å²) in [6, 6.07) is 6.98. The van der Waals surface area contributed by atoms with Crippen LogP contribution in [0, 0.1) is 19.7 Å². The lowest BCUT2D eigenvalue weighted by Crippen LogP contribution is -2.17. The van der Waals surface area contributed by atoms with Gasteiger partial charge in [-0.3, -0.25) is 4.98 Å². The van der Waals surface area contributed by atoms with Crippen molar-refractivity contribution in [2.24, 2.45) is 0 Å². The number of hydrogen-bond donors (Lipinski definition) is 1. The monoisotopic (exact) mass is 258 g/mol. The Kier molecular flexibility index (Phi) is 4.63. The predicted molar refractivity (Wildman–Crippen MR) is 75.5 cm³/mol.